The van der Waals surface area contributed by atoms with E-state index in [1.807, 2.05) is 0 Å². The van der Waals surface area contributed by atoms with E-state index in [1.54, 1.807) is 0 Å². The summed E-state index contributed by atoms with van der Waals surface area (Å²) in [5, 5.41) is 29.5. The third-order valence-corrected chi connectivity index (χ3v) is 2.86. The maximum absolute atomic E-state index is 9.87. The number of hydrogen-bond donors (Lipinski definition) is 0. The van der Waals surface area contributed by atoms with Crippen molar-refractivity contribution in [1.29, 1.82) is 0 Å². The molecule has 0 aliphatic heterocycles. The molecular weight excluding hydrogens is 324 g/mol. The first-order valence-corrected chi connectivity index (χ1v) is 7.79. The molecule has 0 spiro atoms. The maximum Gasteiger partial charge on any atom is 0.234 e. The van der Waals surface area contributed by atoms with Crippen molar-refractivity contribution in [1.82, 2.24) is 0 Å². The van der Waals surface area contributed by atoms with Crippen molar-refractivity contribution < 1.29 is 19.6 Å². The maximum atomic E-state index is 9.87. The van der Waals surface area contributed by atoms with Crippen LogP contribution >= 0.6 is 0 Å². The van der Waals surface area contributed by atoms with Gasteiger partial charge in [-0.1, -0.05) is 6.42 Å². The molecule has 0 saturated heterocycles. The van der Waals surface area contributed by atoms with E-state index in [0.717, 1.165) is 19.3 Å². The molecule has 0 unspecified atom stereocenters. The highest BCUT2D eigenvalue weighted by atomic mass is 16.6. The minimum atomic E-state index is -0.368. The number of nitro groups is 3. The van der Waals surface area contributed by atoms with Crippen molar-refractivity contribution in [2.45, 2.75) is 51.4 Å². The van der Waals surface area contributed by atoms with E-state index < -0.39 is 0 Å². The number of hydrogen-bond acceptors (Lipinski definition) is 8. The van der Waals surface area contributed by atoms with Crippen LogP contribution in [0.2, 0.25) is 0 Å². The first kappa shape index (κ1) is 23.8. The van der Waals surface area contributed by atoms with Gasteiger partial charge in [0, 0.05) is 34.0 Å². The van der Waals surface area contributed by atoms with Crippen LogP contribution in [0.3, 0.4) is 0 Å². The summed E-state index contributed by atoms with van der Waals surface area (Å²) in [5.41, 5.74) is 0. The fourth-order valence-electron chi connectivity index (χ4n) is 1.67. The summed E-state index contributed by atoms with van der Waals surface area (Å²) in [4.78, 5) is 41.5. The van der Waals surface area contributed by atoms with Crippen LogP contribution in [-0.2, 0) is 4.79 Å². The fourth-order valence-corrected chi connectivity index (χ4v) is 1.67. The standard InChI is InChI=1S/C7H12N2O3.C6H12N2O4/c10-7-8-5-3-1-2-4-6-9(11)12;9-7(10)5-3-1-2-4-6-8(11)12/h2*1-6H2. The van der Waals surface area contributed by atoms with Crippen LogP contribution in [0.15, 0.2) is 4.99 Å². The van der Waals surface area contributed by atoms with E-state index in [0.29, 0.717) is 38.6 Å². The Morgan fingerprint density at radius 1 is 0.625 bits per heavy atom. The van der Waals surface area contributed by atoms with Crippen molar-refractivity contribution in [3.05, 3.63) is 30.3 Å². The molecule has 0 fully saturated rings. The molecule has 0 heterocycles. The summed E-state index contributed by atoms with van der Waals surface area (Å²) in [7, 11) is 0. The average Bonchev–Trinajstić information content (AvgIpc) is 2.50. The van der Waals surface area contributed by atoms with E-state index in [1.165, 1.54) is 6.08 Å². The molecule has 0 amide bonds. The fraction of sp³-hybridized carbons (Fsp3) is 0.923. The topological polar surface area (TPSA) is 159 Å². The lowest BCUT2D eigenvalue weighted by atomic mass is 10.2. The molecule has 24 heavy (non-hydrogen) atoms. The van der Waals surface area contributed by atoms with Gasteiger partial charge < -0.3 is 0 Å². The summed E-state index contributed by atoms with van der Waals surface area (Å²) >= 11 is 0. The summed E-state index contributed by atoms with van der Waals surface area (Å²) in [5.74, 6) is 0. The molecule has 0 aromatic heterocycles. The molecule has 0 N–H and O–H groups in total. The molecule has 0 atom stereocenters. The van der Waals surface area contributed by atoms with Crippen LogP contribution in [-0.4, -0.2) is 47.0 Å². The van der Waals surface area contributed by atoms with Crippen molar-refractivity contribution in [2.24, 2.45) is 4.99 Å². The molecule has 0 saturated carbocycles. The second-order valence-corrected chi connectivity index (χ2v) is 4.97. The molecule has 0 rings (SSSR count). The Morgan fingerprint density at radius 2 is 0.958 bits per heavy atom. The Labute approximate surface area is 139 Å². The lowest BCUT2D eigenvalue weighted by Gasteiger charge is -1.94. The van der Waals surface area contributed by atoms with Crippen molar-refractivity contribution in [2.75, 3.05) is 26.2 Å². The minimum Gasteiger partial charge on any atom is -0.265 e. The van der Waals surface area contributed by atoms with Crippen LogP contribution in [0.5, 0.6) is 0 Å². The normalized spacial score (nSPS) is 9.33. The summed E-state index contributed by atoms with van der Waals surface area (Å²) in [6.45, 7) is 0.468. The van der Waals surface area contributed by atoms with Crippen LogP contribution < -0.4 is 0 Å². The van der Waals surface area contributed by atoms with Crippen molar-refractivity contribution in [3.8, 4) is 0 Å². The van der Waals surface area contributed by atoms with Crippen LogP contribution in [0, 0.1) is 30.3 Å². The van der Waals surface area contributed by atoms with Gasteiger partial charge in [0.1, 0.15) is 0 Å². The molecule has 0 aromatic rings. The highest BCUT2D eigenvalue weighted by Gasteiger charge is 1.99. The first-order valence-electron chi connectivity index (χ1n) is 7.79. The number of rotatable bonds is 14. The first-order chi connectivity index (χ1) is 11.4. The molecular formula is C13H24N4O7. The molecule has 0 aliphatic rings. The second kappa shape index (κ2) is 18.6. The molecule has 0 bridgehead atoms. The van der Waals surface area contributed by atoms with Gasteiger partial charge in [-0.05, 0) is 25.7 Å². The van der Waals surface area contributed by atoms with Crippen molar-refractivity contribution in [3.63, 3.8) is 0 Å². The molecule has 0 aromatic carbocycles. The van der Waals surface area contributed by atoms with Gasteiger partial charge in [0.25, 0.3) is 0 Å². The Morgan fingerprint density at radius 3 is 1.25 bits per heavy atom. The molecule has 138 valence electrons. The van der Waals surface area contributed by atoms with Gasteiger partial charge in [0.15, 0.2) is 0 Å². The zero-order valence-electron chi connectivity index (χ0n) is 13.6. The predicted molar refractivity (Wildman–Crippen MR) is 85.5 cm³/mol. The lowest BCUT2D eigenvalue weighted by molar-refractivity contribution is -0.482. The van der Waals surface area contributed by atoms with Gasteiger partial charge in [0.05, 0.1) is 6.54 Å². The minimum absolute atomic E-state index is 0.0293. The van der Waals surface area contributed by atoms with Gasteiger partial charge in [-0.15, -0.1) is 0 Å². The summed E-state index contributed by atoms with van der Waals surface area (Å²) in [6.07, 6.45) is 7.03. The third-order valence-electron chi connectivity index (χ3n) is 2.86. The SMILES string of the molecule is O=C=NCCCCCC[N+](=O)[O-].O=[N+]([O-])CCCCCC[N+](=O)[O-]. The Balaban J connectivity index is 0. The van der Waals surface area contributed by atoms with E-state index in [-0.39, 0.29) is 34.4 Å². The van der Waals surface area contributed by atoms with Crippen LogP contribution in [0.4, 0.5) is 0 Å². The third kappa shape index (κ3) is 27.8. The van der Waals surface area contributed by atoms with Crippen molar-refractivity contribution >= 4 is 6.08 Å². The lowest BCUT2D eigenvalue weighted by Crippen LogP contribution is -2.02. The van der Waals surface area contributed by atoms with Crippen LogP contribution in [0.25, 0.3) is 0 Å². The van der Waals surface area contributed by atoms with E-state index in [2.05, 4.69) is 4.99 Å². The predicted octanol–water partition coefficient (Wildman–Crippen LogP) is 2.26. The Hall–Kier alpha value is -2.42. The highest BCUT2D eigenvalue weighted by Crippen LogP contribution is 2.00. The largest absolute Gasteiger partial charge is 0.265 e. The second-order valence-electron chi connectivity index (χ2n) is 4.97. The average molecular weight is 348 g/mol. The van der Waals surface area contributed by atoms with E-state index in [4.69, 9.17) is 0 Å². The number of aliphatic imine (C=N–C) groups is 1. The zero-order valence-corrected chi connectivity index (χ0v) is 13.6. The molecule has 11 heteroatoms. The van der Waals surface area contributed by atoms with E-state index in [9.17, 15) is 35.1 Å². The summed E-state index contributed by atoms with van der Waals surface area (Å²) < 4.78 is 0. The molecule has 0 radical (unpaired) electrons. The van der Waals surface area contributed by atoms with Gasteiger partial charge >= 0.3 is 0 Å². The van der Waals surface area contributed by atoms with Gasteiger partial charge in [-0.2, -0.15) is 0 Å². The van der Waals surface area contributed by atoms with Gasteiger partial charge in [0.2, 0.25) is 25.7 Å². The number of unbranched alkanes of at least 4 members (excludes halogenated alkanes) is 6. The zero-order chi connectivity index (χ0) is 18.6. The Bertz CT molecular complexity index is 359. The number of nitrogens with zero attached hydrogens (tertiary/aromatic N) is 4. The molecule has 11 nitrogen and oxygen atoms in total. The van der Waals surface area contributed by atoms with E-state index >= 15 is 0 Å². The number of isocyanates is 1. The Kier molecular flexibility index (Phi) is 18.5. The highest BCUT2D eigenvalue weighted by molar-refractivity contribution is 5.32. The monoisotopic (exact) mass is 348 g/mol. The molecule has 0 aliphatic carbocycles. The van der Waals surface area contributed by atoms with Gasteiger partial charge in [-0.25, -0.2) is 9.79 Å². The van der Waals surface area contributed by atoms with Gasteiger partial charge in [-0.3, -0.25) is 30.3 Å². The number of carbonyl (C=O) groups excluding carboxylic acids is 1. The van der Waals surface area contributed by atoms with Crippen LogP contribution in [0.1, 0.15) is 51.4 Å². The summed E-state index contributed by atoms with van der Waals surface area (Å²) in [6, 6.07) is 0. The quantitative estimate of drug-likeness (QED) is 0.153. The smallest absolute Gasteiger partial charge is 0.234 e.